The molecular formula is C16H19FN4OS. The monoisotopic (exact) mass is 334 g/mol. The molecule has 2 heterocycles. The maximum absolute atomic E-state index is 13.8. The first-order valence-corrected chi connectivity index (χ1v) is 8.47. The number of hydrogen-bond acceptors (Lipinski definition) is 5. The molecule has 1 saturated heterocycles. The van der Waals surface area contributed by atoms with Gasteiger partial charge < -0.3 is 10.2 Å². The zero-order chi connectivity index (χ0) is 16.2. The van der Waals surface area contributed by atoms with Crippen molar-refractivity contribution in [2.45, 2.75) is 13.0 Å². The number of anilines is 2. The van der Waals surface area contributed by atoms with E-state index in [1.165, 1.54) is 17.4 Å². The van der Waals surface area contributed by atoms with Gasteiger partial charge in [-0.25, -0.2) is 9.37 Å². The quantitative estimate of drug-likeness (QED) is 0.933. The Kier molecular flexibility index (Phi) is 4.88. The van der Waals surface area contributed by atoms with Crippen LogP contribution in [0.25, 0.3) is 0 Å². The molecule has 0 radical (unpaired) electrons. The number of aromatic nitrogens is 1. The molecule has 1 aromatic carbocycles. The number of carbonyl (C=O) groups excluding carboxylic acids is 1. The molecule has 3 rings (SSSR count). The largest absolute Gasteiger partial charge is 0.367 e. The summed E-state index contributed by atoms with van der Waals surface area (Å²) in [5.41, 5.74) is 0.632. The number of piperazine rings is 1. The molecule has 1 aliphatic rings. The van der Waals surface area contributed by atoms with Crippen molar-refractivity contribution in [1.29, 1.82) is 0 Å². The average molecular weight is 334 g/mol. The highest BCUT2D eigenvalue weighted by molar-refractivity contribution is 7.13. The van der Waals surface area contributed by atoms with Crippen molar-refractivity contribution in [1.82, 2.24) is 9.88 Å². The van der Waals surface area contributed by atoms with Crippen LogP contribution in [0.2, 0.25) is 0 Å². The molecule has 23 heavy (non-hydrogen) atoms. The number of hydrogen-bond donors (Lipinski definition) is 1. The number of nitrogens with zero attached hydrogens (tertiary/aromatic N) is 3. The van der Waals surface area contributed by atoms with Crippen LogP contribution in [-0.2, 0) is 4.79 Å². The van der Waals surface area contributed by atoms with E-state index in [1.807, 2.05) is 23.3 Å². The zero-order valence-electron chi connectivity index (χ0n) is 12.9. The van der Waals surface area contributed by atoms with E-state index in [0.29, 0.717) is 23.9 Å². The molecule has 1 N–H and O–H groups in total. The fourth-order valence-electron chi connectivity index (χ4n) is 2.72. The van der Waals surface area contributed by atoms with Crippen LogP contribution < -0.4 is 10.2 Å². The predicted molar refractivity (Wildman–Crippen MR) is 90.4 cm³/mol. The number of nitrogens with one attached hydrogen (secondary N) is 1. The molecule has 1 amide bonds. The van der Waals surface area contributed by atoms with E-state index < -0.39 is 0 Å². The third-order valence-corrected chi connectivity index (χ3v) is 4.79. The van der Waals surface area contributed by atoms with Crippen LogP contribution in [-0.4, -0.2) is 48.0 Å². The first kappa shape index (κ1) is 15.9. The first-order chi connectivity index (χ1) is 11.1. The Bertz CT molecular complexity index is 656. The molecular weight excluding hydrogens is 315 g/mol. The Morgan fingerprint density at radius 1 is 1.30 bits per heavy atom. The van der Waals surface area contributed by atoms with Crippen molar-refractivity contribution < 1.29 is 9.18 Å². The van der Waals surface area contributed by atoms with Gasteiger partial charge in [-0.3, -0.25) is 9.69 Å². The van der Waals surface area contributed by atoms with E-state index in [9.17, 15) is 9.18 Å². The highest BCUT2D eigenvalue weighted by Crippen LogP contribution is 2.21. The van der Waals surface area contributed by atoms with E-state index in [1.54, 1.807) is 18.3 Å². The van der Waals surface area contributed by atoms with Crippen molar-refractivity contribution >= 4 is 28.1 Å². The van der Waals surface area contributed by atoms with Gasteiger partial charge in [-0.05, 0) is 19.1 Å². The summed E-state index contributed by atoms with van der Waals surface area (Å²) in [7, 11) is 0. The summed E-state index contributed by atoms with van der Waals surface area (Å²) in [5.74, 6) is -0.255. The van der Waals surface area contributed by atoms with Crippen LogP contribution in [0.3, 0.4) is 0 Å². The fourth-order valence-corrected chi connectivity index (χ4v) is 3.25. The van der Waals surface area contributed by atoms with E-state index in [0.717, 1.165) is 13.1 Å². The second kappa shape index (κ2) is 7.06. The van der Waals surface area contributed by atoms with Gasteiger partial charge in [-0.15, -0.1) is 11.3 Å². The number of para-hydroxylation sites is 1. The molecule has 122 valence electrons. The maximum atomic E-state index is 13.8. The van der Waals surface area contributed by atoms with Gasteiger partial charge in [-0.1, -0.05) is 12.1 Å². The molecule has 0 spiro atoms. The minimum atomic E-state index is -0.235. The summed E-state index contributed by atoms with van der Waals surface area (Å²) in [5, 5.41) is 5.27. The molecule has 1 unspecified atom stereocenters. The van der Waals surface area contributed by atoms with Gasteiger partial charge in [-0.2, -0.15) is 0 Å². The molecule has 1 aromatic heterocycles. The van der Waals surface area contributed by atoms with Crippen molar-refractivity contribution in [3.05, 3.63) is 41.7 Å². The summed E-state index contributed by atoms with van der Waals surface area (Å²) in [6.07, 6.45) is 1.66. The maximum Gasteiger partial charge on any atom is 0.243 e. The van der Waals surface area contributed by atoms with Crippen molar-refractivity contribution in [2.75, 3.05) is 36.4 Å². The summed E-state index contributed by atoms with van der Waals surface area (Å²) < 4.78 is 13.8. The summed E-state index contributed by atoms with van der Waals surface area (Å²) in [6, 6.07) is 6.58. The number of halogens is 1. The van der Waals surface area contributed by atoms with Gasteiger partial charge in [0.05, 0.1) is 11.7 Å². The Morgan fingerprint density at radius 3 is 2.70 bits per heavy atom. The van der Waals surface area contributed by atoms with Crippen LogP contribution in [0.15, 0.2) is 35.8 Å². The van der Waals surface area contributed by atoms with Crippen LogP contribution in [0.4, 0.5) is 15.2 Å². The molecule has 1 fully saturated rings. The lowest BCUT2D eigenvalue weighted by Gasteiger charge is -2.38. The van der Waals surface area contributed by atoms with Crippen LogP contribution in [0.1, 0.15) is 6.92 Å². The van der Waals surface area contributed by atoms with E-state index >= 15 is 0 Å². The average Bonchev–Trinajstić information content (AvgIpc) is 3.08. The molecule has 0 aliphatic carbocycles. The molecule has 0 saturated carbocycles. The Balaban J connectivity index is 1.56. The van der Waals surface area contributed by atoms with Crippen LogP contribution in [0.5, 0.6) is 0 Å². The SMILES string of the molecule is CC(C(=O)Nc1nccs1)N1CCN(c2ccccc2F)CC1. The number of thiazole rings is 1. The predicted octanol–water partition coefficient (Wildman–Crippen LogP) is 2.43. The smallest absolute Gasteiger partial charge is 0.243 e. The minimum absolute atomic E-state index is 0.0562. The summed E-state index contributed by atoms with van der Waals surface area (Å²) in [4.78, 5) is 20.5. The van der Waals surface area contributed by atoms with Gasteiger partial charge in [0, 0.05) is 37.8 Å². The zero-order valence-corrected chi connectivity index (χ0v) is 13.7. The number of amides is 1. The Morgan fingerprint density at radius 2 is 2.04 bits per heavy atom. The second-order valence-electron chi connectivity index (χ2n) is 5.48. The topological polar surface area (TPSA) is 48.5 Å². The number of rotatable bonds is 4. The molecule has 1 atom stereocenters. The minimum Gasteiger partial charge on any atom is -0.367 e. The molecule has 7 heteroatoms. The Labute approximate surface area is 138 Å². The van der Waals surface area contributed by atoms with Crippen LogP contribution >= 0.6 is 11.3 Å². The van der Waals surface area contributed by atoms with Gasteiger partial charge >= 0.3 is 0 Å². The second-order valence-corrected chi connectivity index (χ2v) is 6.37. The lowest BCUT2D eigenvalue weighted by Crippen LogP contribution is -2.53. The first-order valence-electron chi connectivity index (χ1n) is 7.59. The number of benzene rings is 1. The molecule has 1 aliphatic heterocycles. The third kappa shape index (κ3) is 3.68. The fraction of sp³-hybridized carbons (Fsp3) is 0.375. The normalized spacial score (nSPS) is 17.0. The molecule has 2 aromatic rings. The van der Waals surface area contributed by atoms with E-state index in [-0.39, 0.29) is 17.8 Å². The highest BCUT2D eigenvalue weighted by Gasteiger charge is 2.26. The van der Waals surface area contributed by atoms with Crippen LogP contribution in [0, 0.1) is 5.82 Å². The lowest BCUT2D eigenvalue weighted by atomic mass is 10.2. The van der Waals surface area contributed by atoms with Gasteiger partial charge in [0.15, 0.2) is 5.13 Å². The lowest BCUT2D eigenvalue weighted by molar-refractivity contribution is -0.120. The van der Waals surface area contributed by atoms with Crippen molar-refractivity contribution in [3.8, 4) is 0 Å². The van der Waals surface area contributed by atoms with E-state index in [2.05, 4.69) is 15.2 Å². The standard InChI is InChI=1S/C16H19FN4OS/c1-12(15(22)19-16-18-6-11-23-16)20-7-9-21(10-8-20)14-5-3-2-4-13(14)17/h2-6,11-12H,7-10H2,1H3,(H,18,19,22). The summed E-state index contributed by atoms with van der Waals surface area (Å²) >= 11 is 1.40. The molecule has 5 nitrogen and oxygen atoms in total. The molecule has 0 bridgehead atoms. The Hall–Kier alpha value is -1.99. The number of carbonyl (C=O) groups is 1. The van der Waals surface area contributed by atoms with Gasteiger partial charge in [0.1, 0.15) is 5.82 Å². The summed E-state index contributed by atoms with van der Waals surface area (Å²) in [6.45, 7) is 4.74. The van der Waals surface area contributed by atoms with Gasteiger partial charge in [0.25, 0.3) is 0 Å². The highest BCUT2D eigenvalue weighted by atomic mass is 32.1. The third-order valence-electron chi connectivity index (χ3n) is 4.10. The van der Waals surface area contributed by atoms with Crippen molar-refractivity contribution in [2.24, 2.45) is 0 Å². The van der Waals surface area contributed by atoms with E-state index in [4.69, 9.17) is 0 Å². The van der Waals surface area contributed by atoms with Gasteiger partial charge in [0.2, 0.25) is 5.91 Å². The van der Waals surface area contributed by atoms with Crippen molar-refractivity contribution in [3.63, 3.8) is 0 Å².